The highest BCUT2D eigenvalue weighted by molar-refractivity contribution is 5.33. The van der Waals surface area contributed by atoms with Crippen LogP contribution in [0.5, 0.6) is 5.75 Å². The van der Waals surface area contributed by atoms with Crippen LogP contribution in [0.3, 0.4) is 0 Å². The fourth-order valence-corrected chi connectivity index (χ4v) is 3.41. The predicted molar refractivity (Wildman–Crippen MR) is 89.7 cm³/mol. The lowest BCUT2D eigenvalue weighted by molar-refractivity contribution is 0.110. The van der Waals surface area contributed by atoms with Gasteiger partial charge in [0.15, 0.2) is 0 Å². The Morgan fingerprint density at radius 2 is 2.24 bits per heavy atom. The van der Waals surface area contributed by atoms with Crippen LogP contribution in [0.4, 0.5) is 0 Å². The minimum atomic E-state index is 0.170. The van der Waals surface area contributed by atoms with Crippen molar-refractivity contribution in [3.05, 3.63) is 42.0 Å². The molecule has 0 amide bonds. The summed E-state index contributed by atoms with van der Waals surface area (Å²) in [5.41, 5.74) is 2.73. The number of allylic oxidation sites excluding steroid dienone is 1. The number of piperidine rings is 1. The van der Waals surface area contributed by atoms with Gasteiger partial charge in [-0.15, -0.1) is 6.58 Å². The van der Waals surface area contributed by atoms with Gasteiger partial charge in [0, 0.05) is 6.54 Å². The molecule has 0 spiro atoms. The number of aromatic hydroxyl groups is 1. The first-order valence-corrected chi connectivity index (χ1v) is 8.08. The Morgan fingerprint density at radius 3 is 2.86 bits per heavy atom. The van der Waals surface area contributed by atoms with E-state index < -0.39 is 0 Å². The Labute approximate surface area is 129 Å². The van der Waals surface area contributed by atoms with Crippen molar-refractivity contribution in [2.75, 3.05) is 19.6 Å². The second-order valence-corrected chi connectivity index (χ2v) is 6.98. The first-order valence-electron chi connectivity index (χ1n) is 8.08. The van der Waals surface area contributed by atoms with Crippen LogP contribution < -0.4 is 0 Å². The lowest BCUT2D eigenvalue weighted by Gasteiger charge is -2.45. The molecule has 2 heteroatoms. The zero-order valence-electron chi connectivity index (χ0n) is 13.7. The molecule has 2 unspecified atom stereocenters. The second-order valence-electron chi connectivity index (χ2n) is 6.98. The molecule has 1 heterocycles. The Morgan fingerprint density at radius 1 is 1.48 bits per heavy atom. The third-order valence-electron chi connectivity index (χ3n) is 5.15. The number of phenols is 1. The molecule has 0 aromatic heterocycles. The Balaban J connectivity index is 1.98. The summed E-state index contributed by atoms with van der Waals surface area (Å²) in [5, 5.41) is 9.75. The number of nitrogens with zero attached hydrogens (tertiary/aromatic N) is 1. The normalized spacial score (nSPS) is 26.7. The molecule has 0 saturated carbocycles. The zero-order valence-corrected chi connectivity index (χ0v) is 13.7. The third-order valence-corrected chi connectivity index (χ3v) is 5.15. The summed E-state index contributed by atoms with van der Waals surface area (Å²) in [4.78, 5) is 2.58. The van der Waals surface area contributed by atoms with Crippen LogP contribution >= 0.6 is 0 Å². The SMILES string of the molecule is C=C(C)CCCN1CCC(C)(c2cccc(O)c2)C(C)C1. The number of hydrogen-bond donors (Lipinski definition) is 1. The molecule has 21 heavy (non-hydrogen) atoms. The average Bonchev–Trinajstić information content (AvgIpc) is 2.42. The molecule has 1 aromatic rings. The van der Waals surface area contributed by atoms with E-state index >= 15 is 0 Å². The van der Waals surface area contributed by atoms with E-state index in [9.17, 15) is 5.11 Å². The van der Waals surface area contributed by atoms with E-state index in [1.165, 1.54) is 24.1 Å². The standard InChI is InChI=1S/C19H29NO/c1-15(2)7-6-11-20-12-10-19(4,16(3)14-20)17-8-5-9-18(21)13-17/h5,8-9,13,16,21H,1,6-7,10-12,14H2,2-4H3. The molecule has 2 atom stereocenters. The van der Waals surface area contributed by atoms with Crippen molar-refractivity contribution in [1.29, 1.82) is 0 Å². The van der Waals surface area contributed by atoms with Crippen LogP contribution in [0.1, 0.15) is 45.6 Å². The fraction of sp³-hybridized carbons (Fsp3) is 0.579. The van der Waals surface area contributed by atoms with Gasteiger partial charge < -0.3 is 10.0 Å². The van der Waals surface area contributed by atoms with Gasteiger partial charge in [-0.1, -0.05) is 31.6 Å². The quantitative estimate of drug-likeness (QED) is 0.814. The summed E-state index contributed by atoms with van der Waals surface area (Å²) in [7, 11) is 0. The van der Waals surface area contributed by atoms with Gasteiger partial charge in [-0.2, -0.15) is 0 Å². The van der Waals surface area contributed by atoms with Crippen LogP contribution in [-0.2, 0) is 5.41 Å². The smallest absolute Gasteiger partial charge is 0.115 e. The highest BCUT2D eigenvalue weighted by Crippen LogP contribution is 2.40. The molecule has 0 aliphatic carbocycles. The van der Waals surface area contributed by atoms with E-state index in [0.29, 0.717) is 11.7 Å². The summed E-state index contributed by atoms with van der Waals surface area (Å²) in [6.45, 7) is 14.2. The largest absolute Gasteiger partial charge is 0.508 e. The zero-order chi connectivity index (χ0) is 15.5. The summed E-state index contributed by atoms with van der Waals surface area (Å²) in [6, 6.07) is 7.81. The van der Waals surface area contributed by atoms with E-state index in [2.05, 4.69) is 38.3 Å². The van der Waals surface area contributed by atoms with Crippen molar-refractivity contribution >= 4 is 0 Å². The van der Waals surface area contributed by atoms with Crippen LogP contribution in [0.2, 0.25) is 0 Å². The Kier molecular flexibility index (Phi) is 5.10. The fourth-order valence-electron chi connectivity index (χ4n) is 3.41. The molecule has 1 fully saturated rings. The van der Waals surface area contributed by atoms with Crippen molar-refractivity contribution in [3.63, 3.8) is 0 Å². The monoisotopic (exact) mass is 287 g/mol. The Bertz CT molecular complexity index is 496. The van der Waals surface area contributed by atoms with Crippen molar-refractivity contribution < 1.29 is 5.11 Å². The number of likely N-dealkylation sites (tertiary alicyclic amines) is 1. The number of benzene rings is 1. The first-order chi connectivity index (χ1) is 9.91. The topological polar surface area (TPSA) is 23.5 Å². The predicted octanol–water partition coefficient (Wildman–Crippen LogP) is 4.35. The molecule has 2 nitrogen and oxygen atoms in total. The maximum atomic E-state index is 9.75. The molecular formula is C19H29NO. The van der Waals surface area contributed by atoms with E-state index in [1.807, 2.05) is 12.1 Å². The van der Waals surface area contributed by atoms with Gasteiger partial charge in [-0.3, -0.25) is 0 Å². The van der Waals surface area contributed by atoms with Crippen LogP contribution in [0.25, 0.3) is 0 Å². The van der Waals surface area contributed by atoms with E-state index in [4.69, 9.17) is 0 Å². The summed E-state index contributed by atoms with van der Waals surface area (Å²) in [5.74, 6) is 0.975. The van der Waals surface area contributed by atoms with Crippen molar-refractivity contribution in [2.24, 2.45) is 5.92 Å². The average molecular weight is 287 g/mol. The summed E-state index contributed by atoms with van der Waals surface area (Å²) in [6.07, 6.45) is 3.50. The maximum absolute atomic E-state index is 9.75. The molecular weight excluding hydrogens is 258 g/mol. The molecule has 1 aliphatic rings. The van der Waals surface area contributed by atoms with Gasteiger partial charge in [0.05, 0.1) is 0 Å². The van der Waals surface area contributed by atoms with Crippen LogP contribution in [0.15, 0.2) is 36.4 Å². The lowest BCUT2D eigenvalue weighted by Crippen LogP contribution is -2.47. The van der Waals surface area contributed by atoms with E-state index in [-0.39, 0.29) is 5.41 Å². The van der Waals surface area contributed by atoms with Gasteiger partial charge in [0.2, 0.25) is 0 Å². The summed E-state index contributed by atoms with van der Waals surface area (Å²) < 4.78 is 0. The molecule has 0 bridgehead atoms. The van der Waals surface area contributed by atoms with Crippen LogP contribution in [-0.4, -0.2) is 29.6 Å². The van der Waals surface area contributed by atoms with Gasteiger partial charge in [-0.05, 0) is 68.3 Å². The van der Waals surface area contributed by atoms with E-state index in [0.717, 1.165) is 25.9 Å². The van der Waals surface area contributed by atoms with Crippen molar-refractivity contribution in [1.82, 2.24) is 4.90 Å². The third kappa shape index (κ3) is 3.88. The maximum Gasteiger partial charge on any atom is 0.115 e. The molecule has 1 saturated heterocycles. The highest BCUT2D eigenvalue weighted by atomic mass is 16.3. The van der Waals surface area contributed by atoms with Crippen LogP contribution in [0, 0.1) is 5.92 Å². The van der Waals surface area contributed by atoms with Gasteiger partial charge in [0.25, 0.3) is 0 Å². The second kappa shape index (κ2) is 6.65. The summed E-state index contributed by atoms with van der Waals surface area (Å²) >= 11 is 0. The molecule has 1 aromatic carbocycles. The molecule has 1 aliphatic heterocycles. The molecule has 116 valence electrons. The molecule has 2 rings (SSSR count). The molecule has 0 radical (unpaired) electrons. The van der Waals surface area contributed by atoms with Gasteiger partial charge in [0.1, 0.15) is 5.75 Å². The van der Waals surface area contributed by atoms with Gasteiger partial charge >= 0.3 is 0 Å². The minimum absolute atomic E-state index is 0.170. The number of phenolic OH excluding ortho intramolecular Hbond substituents is 1. The van der Waals surface area contributed by atoms with Gasteiger partial charge in [-0.25, -0.2) is 0 Å². The first kappa shape index (κ1) is 16.1. The highest BCUT2D eigenvalue weighted by Gasteiger charge is 2.37. The van der Waals surface area contributed by atoms with Crippen molar-refractivity contribution in [2.45, 2.75) is 45.4 Å². The van der Waals surface area contributed by atoms with Crippen molar-refractivity contribution in [3.8, 4) is 5.75 Å². The molecule has 1 N–H and O–H groups in total. The number of hydrogen-bond acceptors (Lipinski definition) is 2. The number of rotatable bonds is 5. The van der Waals surface area contributed by atoms with E-state index in [1.54, 1.807) is 6.07 Å². The lowest BCUT2D eigenvalue weighted by atomic mass is 9.68. The minimum Gasteiger partial charge on any atom is -0.508 e. The Hall–Kier alpha value is -1.28.